The summed E-state index contributed by atoms with van der Waals surface area (Å²) in [6, 6.07) is 10.6. The molecule has 1 aliphatic heterocycles. The van der Waals surface area contributed by atoms with Crippen molar-refractivity contribution in [2.75, 3.05) is 26.3 Å². The highest BCUT2D eigenvalue weighted by molar-refractivity contribution is 5.14. The molecule has 0 amide bonds. The summed E-state index contributed by atoms with van der Waals surface area (Å²) in [5.74, 6) is 0. The average Bonchev–Trinajstić information content (AvgIpc) is 2.96. The second-order valence-electron chi connectivity index (χ2n) is 5.83. The Kier molecular flexibility index (Phi) is 7.79. The Morgan fingerprint density at radius 3 is 2.81 bits per heavy atom. The molecule has 2 rings (SSSR count). The van der Waals surface area contributed by atoms with E-state index in [9.17, 15) is 0 Å². The average molecular weight is 291 g/mol. The van der Waals surface area contributed by atoms with Crippen LogP contribution >= 0.6 is 0 Å². The van der Waals surface area contributed by atoms with Crippen molar-refractivity contribution in [1.82, 2.24) is 5.32 Å². The summed E-state index contributed by atoms with van der Waals surface area (Å²) in [4.78, 5) is 0. The van der Waals surface area contributed by atoms with Gasteiger partial charge in [0.1, 0.15) is 0 Å². The van der Waals surface area contributed by atoms with E-state index >= 15 is 0 Å². The second-order valence-corrected chi connectivity index (χ2v) is 5.83. The predicted octanol–water partition coefficient (Wildman–Crippen LogP) is 3.18. The van der Waals surface area contributed by atoms with E-state index in [2.05, 4.69) is 42.6 Å². The highest BCUT2D eigenvalue weighted by Crippen LogP contribution is 2.19. The van der Waals surface area contributed by atoms with Crippen molar-refractivity contribution in [1.29, 1.82) is 0 Å². The zero-order valence-corrected chi connectivity index (χ0v) is 13.2. The molecule has 0 aliphatic carbocycles. The van der Waals surface area contributed by atoms with E-state index in [1.54, 1.807) is 0 Å². The van der Waals surface area contributed by atoms with E-state index in [1.807, 2.05) is 0 Å². The molecule has 2 unspecified atom stereocenters. The SMILES string of the molecule is CCCNCC1CCC(COCCCc2ccccc2)O1. The van der Waals surface area contributed by atoms with Gasteiger partial charge in [0, 0.05) is 13.2 Å². The van der Waals surface area contributed by atoms with Crippen LogP contribution in [0.3, 0.4) is 0 Å². The Morgan fingerprint density at radius 1 is 1.19 bits per heavy atom. The highest BCUT2D eigenvalue weighted by atomic mass is 16.5. The molecule has 0 radical (unpaired) electrons. The quantitative estimate of drug-likeness (QED) is 0.672. The first kappa shape index (κ1) is 16.5. The van der Waals surface area contributed by atoms with E-state index in [4.69, 9.17) is 9.47 Å². The first-order valence-electron chi connectivity index (χ1n) is 8.36. The largest absolute Gasteiger partial charge is 0.379 e. The van der Waals surface area contributed by atoms with Crippen molar-refractivity contribution >= 4 is 0 Å². The molecule has 118 valence electrons. The van der Waals surface area contributed by atoms with Crippen molar-refractivity contribution in [3.05, 3.63) is 35.9 Å². The number of hydrogen-bond donors (Lipinski definition) is 1. The van der Waals surface area contributed by atoms with Crippen molar-refractivity contribution in [3.63, 3.8) is 0 Å². The second kappa shape index (κ2) is 9.93. The molecule has 1 aliphatic rings. The van der Waals surface area contributed by atoms with Crippen molar-refractivity contribution in [2.45, 2.75) is 51.2 Å². The summed E-state index contributed by atoms with van der Waals surface area (Å²) in [6.07, 6.45) is 6.34. The lowest BCUT2D eigenvalue weighted by atomic mass is 10.1. The maximum absolute atomic E-state index is 5.99. The number of aryl methyl sites for hydroxylation is 1. The molecule has 0 saturated carbocycles. The topological polar surface area (TPSA) is 30.5 Å². The Morgan fingerprint density at radius 2 is 2.00 bits per heavy atom. The first-order chi connectivity index (χ1) is 10.4. The van der Waals surface area contributed by atoms with Gasteiger partial charge in [0.05, 0.1) is 18.8 Å². The molecule has 1 heterocycles. The Hall–Kier alpha value is -0.900. The smallest absolute Gasteiger partial charge is 0.0813 e. The lowest BCUT2D eigenvalue weighted by Crippen LogP contribution is -2.28. The lowest BCUT2D eigenvalue weighted by molar-refractivity contribution is -0.0145. The molecular weight excluding hydrogens is 262 g/mol. The minimum atomic E-state index is 0.301. The van der Waals surface area contributed by atoms with Crippen LogP contribution in [0.25, 0.3) is 0 Å². The molecule has 2 atom stereocenters. The Bertz CT molecular complexity index is 369. The molecule has 1 saturated heterocycles. The standard InChI is InChI=1S/C18H29NO2/c1-2-12-19-14-17-10-11-18(21-17)15-20-13-6-9-16-7-4-3-5-8-16/h3-5,7-8,17-19H,2,6,9-15H2,1H3. The summed E-state index contributed by atoms with van der Waals surface area (Å²) in [5.41, 5.74) is 1.39. The fourth-order valence-corrected chi connectivity index (χ4v) is 2.73. The fraction of sp³-hybridized carbons (Fsp3) is 0.667. The maximum Gasteiger partial charge on any atom is 0.0813 e. The number of nitrogens with one attached hydrogen (secondary N) is 1. The summed E-state index contributed by atoms with van der Waals surface area (Å²) >= 11 is 0. The third kappa shape index (κ3) is 6.60. The summed E-state index contributed by atoms with van der Waals surface area (Å²) in [6.45, 7) is 5.83. The summed E-state index contributed by atoms with van der Waals surface area (Å²) < 4.78 is 11.8. The van der Waals surface area contributed by atoms with Crippen LogP contribution in [0.15, 0.2) is 30.3 Å². The molecule has 0 bridgehead atoms. The summed E-state index contributed by atoms with van der Waals surface area (Å²) in [7, 11) is 0. The molecule has 1 aromatic rings. The molecule has 1 aromatic carbocycles. The first-order valence-corrected chi connectivity index (χ1v) is 8.36. The number of benzene rings is 1. The Labute approximate surface area is 129 Å². The molecule has 0 spiro atoms. The predicted molar refractivity (Wildman–Crippen MR) is 86.6 cm³/mol. The monoisotopic (exact) mass is 291 g/mol. The minimum absolute atomic E-state index is 0.301. The fourth-order valence-electron chi connectivity index (χ4n) is 2.73. The maximum atomic E-state index is 5.99. The van der Waals surface area contributed by atoms with Gasteiger partial charge in [-0.1, -0.05) is 37.3 Å². The van der Waals surface area contributed by atoms with Crippen molar-refractivity contribution in [2.24, 2.45) is 0 Å². The van der Waals surface area contributed by atoms with Gasteiger partial charge in [-0.25, -0.2) is 0 Å². The van der Waals surface area contributed by atoms with Crippen LogP contribution < -0.4 is 5.32 Å². The summed E-state index contributed by atoms with van der Waals surface area (Å²) in [5, 5.41) is 3.43. The molecule has 3 heteroatoms. The van der Waals surface area contributed by atoms with Crippen LogP contribution in [-0.2, 0) is 15.9 Å². The van der Waals surface area contributed by atoms with Gasteiger partial charge < -0.3 is 14.8 Å². The van der Waals surface area contributed by atoms with E-state index in [1.165, 1.54) is 12.0 Å². The van der Waals surface area contributed by atoms with Crippen LogP contribution in [0.1, 0.15) is 38.2 Å². The van der Waals surface area contributed by atoms with Gasteiger partial charge in [-0.05, 0) is 44.2 Å². The van der Waals surface area contributed by atoms with E-state index < -0.39 is 0 Å². The normalized spacial score (nSPS) is 21.8. The van der Waals surface area contributed by atoms with Gasteiger partial charge in [0.2, 0.25) is 0 Å². The van der Waals surface area contributed by atoms with E-state index in [-0.39, 0.29) is 0 Å². The van der Waals surface area contributed by atoms with Gasteiger partial charge in [0.25, 0.3) is 0 Å². The van der Waals surface area contributed by atoms with Gasteiger partial charge in [-0.3, -0.25) is 0 Å². The van der Waals surface area contributed by atoms with Gasteiger partial charge in [0.15, 0.2) is 0 Å². The minimum Gasteiger partial charge on any atom is -0.379 e. The highest BCUT2D eigenvalue weighted by Gasteiger charge is 2.24. The van der Waals surface area contributed by atoms with Gasteiger partial charge in [-0.2, -0.15) is 0 Å². The van der Waals surface area contributed by atoms with E-state index in [0.717, 1.165) is 52.0 Å². The van der Waals surface area contributed by atoms with Crippen LogP contribution in [-0.4, -0.2) is 38.5 Å². The van der Waals surface area contributed by atoms with Crippen LogP contribution in [0.5, 0.6) is 0 Å². The van der Waals surface area contributed by atoms with E-state index in [0.29, 0.717) is 12.2 Å². The van der Waals surface area contributed by atoms with Gasteiger partial charge >= 0.3 is 0 Å². The number of hydrogen-bond acceptors (Lipinski definition) is 3. The van der Waals surface area contributed by atoms with Crippen molar-refractivity contribution < 1.29 is 9.47 Å². The third-order valence-corrected chi connectivity index (χ3v) is 3.89. The number of rotatable bonds is 10. The Balaban J connectivity index is 1.48. The molecule has 1 fully saturated rings. The molecule has 1 N–H and O–H groups in total. The molecule has 3 nitrogen and oxygen atoms in total. The molecular formula is C18H29NO2. The third-order valence-electron chi connectivity index (χ3n) is 3.89. The molecule has 0 aromatic heterocycles. The van der Waals surface area contributed by atoms with Gasteiger partial charge in [-0.15, -0.1) is 0 Å². The van der Waals surface area contributed by atoms with Crippen LogP contribution in [0.4, 0.5) is 0 Å². The zero-order chi connectivity index (χ0) is 14.8. The van der Waals surface area contributed by atoms with Crippen LogP contribution in [0.2, 0.25) is 0 Å². The molecule has 21 heavy (non-hydrogen) atoms. The zero-order valence-electron chi connectivity index (χ0n) is 13.2. The lowest BCUT2D eigenvalue weighted by Gasteiger charge is -2.14. The number of ether oxygens (including phenoxy) is 2. The van der Waals surface area contributed by atoms with Crippen molar-refractivity contribution in [3.8, 4) is 0 Å². The van der Waals surface area contributed by atoms with Crippen LogP contribution in [0, 0.1) is 0 Å².